The molecule has 4 nitrogen and oxygen atoms in total. The Morgan fingerprint density at radius 1 is 1.27 bits per heavy atom. The Kier molecular flexibility index (Phi) is 3.97. The van der Waals surface area contributed by atoms with E-state index in [0.29, 0.717) is 5.70 Å². The van der Waals surface area contributed by atoms with Crippen LogP contribution in [-0.4, -0.2) is 7.05 Å². The molecule has 0 aliphatic heterocycles. The lowest BCUT2D eigenvalue weighted by Crippen LogP contribution is -2.07. The first-order chi connectivity index (χ1) is 5.29. The molecule has 0 aliphatic rings. The Balaban J connectivity index is 4.73. The Bertz CT molecular complexity index is 265. The highest BCUT2D eigenvalue weighted by Crippen LogP contribution is 2.01. The van der Waals surface area contributed by atoms with Gasteiger partial charge in [0, 0.05) is 7.05 Å². The van der Waals surface area contributed by atoms with Gasteiger partial charge in [0.15, 0.2) is 0 Å². The predicted octanol–water partition coefficient (Wildman–Crippen LogP) is 0.421. The Hall–Kier alpha value is -1.99. The third-order valence-corrected chi connectivity index (χ3v) is 1.08. The molecule has 0 atom stereocenters. The van der Waals surface area contributed by atoms with Crippen molar-refractivity contribution in [3.8, 4) is 18.2 Å². The van der Waals surface area contributed by atoms with E-state index < -0.39 is 0 Å². The topological polar surface area (TPSA) is 83.4 Å². The summed E-state index contributed by atoms with van der Waals surface area (Å²) in [7, 11) is 1.57. The van der Waals surface area contributed by atoms with Gasteiger partial charge in [0.2, 0.25) is 0 Å². The minimum Gasteiger partial charge on any atom is -0.389 e. The van der Waals surface area contributed by atoms with Gasteiger partial charge in [-0.2, -0.15) is 15.8 Å². The third-order valence-electron chi connectivity index (χ3n) is 1.08. The van der Waals surface area contributed by atoms with E-state index in [-0.39, 0.29) is 12.0 Å². The van der Waals surface area contributed by atoms with Crippen molar-refractivity contribution in [2.45, 2.75) is 6.42 Å². The number of nitrogens with one attached hydrogen (secondary N) is 1. The first kappa shape index (κ1) is 9.01. The molecule has 11 heavy (non-hydrogen) atoms. The summed E-state index contributed by atoms with van der Waals surface area (Å²) >= 11 is 0. The summed E-state index contributed by atoms with van der Waals surface area (Å²) in [6.07, 6.45) is 0.0625. The monoisotopic (exact) mass is 146 g/mol. The van der Waals surface area contributed by atoms with Crippen LogP contribution in [0.2, 0.25) is 0 Å². The smallest absolute Gasteiger partial charge is 0.149 e. The van der Waals surface area contributed by atoms with Gasteiger partial charge in [0.05, 0.1) is 18.2 Å². The number of nitrogens with zero attached hydrogens (tertiary/aromatic N) is 3. The Labute approximate surface area is 65.0 Å². The van der Waals surface area contributed by atoms with Crippen LogP contribution in [0.15, 0.2) is 11.3 Å². The average molecular weight is 146 g/mol. The van der Waals surface area contributed by atoms with Gasteiger partial charge in [-0.25, -0.2) is 0 Å². The second-order valence-corrected chi connectivity index (χ2v) is 1.66. The zero-order chi connectivity index (χ0) is 8.69. The molecule has 0 aromatic rings. The van der Waals surface area contributed by atoms with Crippen LogP contribution < -0.4 is 5.32 Å². The van der Waals surface area contributed by atoms with Crippen molar-refractivity contribution in [3.63, 3.8) is 0 Å². The highest BCUT2D eigenvalue weighted by molar-refractivity contribution is 5.40. The lowest BCUT2D eigenvalue weighted by molar-refractivity contribution is 0.934. The molecule has 0 aromatic carbocycles. The van der Waals surface area contributed by atoms with Crippen LogP contribution in [0.3, 0.4) is 0 Å². The molecule has 0 unspecified atom stereocenters. The fourth-order valence-electron chi connectivity index (χ4n) is 0.541. The Morgan fingerprint density at radius 2 is 1.82 bits per heavy atom. The third kappa shape index (κ3) is 2.39. The van der Waals surface area contributed by atoms with Gasteiger partial charge in [-0.3, -0.25) is 0 Å². The summed E-state index contributed by atoms with van der Waals surface area (Å²) in [5.41, 5.74) is 0.339. The second kappa shape index (κ2) is 4.85. The number of allylic oxidation sites excluding steroid dienone is 2. The molecule has 1 N–H and O–H groups in total. The van der Waals surface area contributed by atoms with Crippen LogP contribution in [0.4, 0.5) is 0 Å². The highest BCUT2D eigenvalue weighted by atomic mass is 14.8. The van der Waals surface area contributed by atoms with Crippen molar-refractivity contribution in [2.24, 2.45) is 0 Å². The van der Waals surface area contributed by atoms with Crippen LogP contribution in [0, 0.1) is 34.0 Å². The van der Waals surface area contributed by atoms with Crippen molar-refractivity contribution in [2.75, 3.05) is 7.05 Å². The van der Waals surface area contributed by atoms with Crippen LogP contribution >= 0.6 is 0 Å². The SMILES string of the molecule is CNC(CC#N)=C(C#N)C#N. The minimum absolute atomic E-state index is 0.0333. The Morgan fingerprint density at radius 3 is 2.09 bits per heavy atom. The molecular weight excluding hydrogens is 140 g/mol. The average Bonchev–Trinajstić information content (AvgIpc) is 2.05. The summed E-state index contributed by atoms with van der Waals surface area (Å²) < 4.78 is 0. The van der Waals surface area contributed by atoms with Gasteiger partial charge in [-0.15, -0.1) is 0 Å². The molecule has 0 aliphatic carbocycles. The number of rotatable bonds is 2. The number of hydrogen-bond acceptors (Lipinski definition) is 4. The van der Waals surface area contributed by atoms with Crippen LogP contribution in [0.5, 0.6) is 0 Å². The lowest BCUT2D eigenvalue weighted by atomic mass is 10.2. The van der Waals surface area contributed by atoms with Gasteiger partial charge in [-0.1, -0.05) is 0 Å². The predicted molar refractivity (Wildman–Crippen MR) is 37.5 cm³/mol. The molecule has 0 aromatic heterocycles. The van der Waals surface area contributed by atoms with E-state index in [1.165, 1.54) is 0 Å². The summed E-state index contributed by atoms with van der Waals surface area (Å²) in [5, 5.41) is 27.6. The van der Waals surface area contributed by atoms with Crippen molar-refractivity contribution in [1.82, 2.24) is 5.32 Å². The van der Waals surface area contributed by atoms with E-state index in [1.54, 1.807) is 19.2 Å². The van der Waals surface area contributed by atoms with Crippen LogP contribution in [0.1, 0.15) is 6.42 Å². The van der Waals surface area contributed by atoms with Gasteiger partial charge < -0.3 is 5.32 Å². The maximum absolute atomic E-state index is 8.37. The summed E-state index contributed by atoms with van der Waals surface area (Å²) in [4.78, 5) is 0. The fourth-order valence-corrected chi connectivity index (χ4v) is 0.541. The lowest BCUT2D eigenvalue weighted by Gasteiger charge is -1.98. The molecule has 0 spiro atoms. The minimum atomic E-state index is -0.0333. The molecule has 54 valence electrons. The van der Waals surface area contributed by atoms with Gasteiger partial charge in [-0.05, 0) is 0 Å². The quantitative estimate of drug-likeness (QED) is 0.572. The molecule has 4 heteroatoms. The number of nitriles is 3. The second-order valence-electron chi connectivity index (χ2n) is 1.66. The maximum atomic E-state index is 8.37. The van der Waals surface area contributed by atoms with Gasteiger partial charge in [0.1, 0.15) is 17.7 Å². The standard InChI is InChI=1S/C7H6N4/c1-11-7(2-3-8)6(4-9)5-10/h11H,2H2,1H3. The van der Waals surface area contributed by atoms with E-state index in [4.69, 9.17) is 15.8 Å². The molecule has 0 rings (SSSR count). The number of hydrogen-bond donors (Lipinski definition) is 1. The molecular formula is C7H6N4. The van der Waals surface area contributed by atoms with Gasteiger partial charge in [0.25, 0.3) is 0 Å². The molecule has 0 bridgehead atoms. The first-order valence-corrected chi connectivity index (χ1v) is 2.88. The fraction of sp³-hybridized carbons (Fsp3) is 0.286. The normalized spacial score (nSPS) is 6.73. The van der Waals surface area contributed by atoms with E-state index in [2.05, 4.69) is 5.32 Å². The van der Waals surface area contributed by atoms with Crippen molar-refractivity contribution < 1.29 is 0 Å². The first-order valence-electron chi connectivity index (χ1n) is 2.88. The summed E-state index contributed by atoms with van der Waals surface area (Å²) in [6, 6.07) is 5.23. The van der Waals surface area contributed by atoms with Crippen molar-refractivity contribution >= 4 is 0 Å². The summed E-state index contributed by atoms with van der Waals surface area (Å²) in [5.74, 6) is 0. The van der Waals surface area contributed by atoms with E-state index in [9.17, 15) is 0 Å². The largest absolute Gasteiger partial charge is 0.389 e. The maximum Gasteiger partial charge on any atom is 0.149 e. The molecule has 0 heterocycles. The van der Waals surface area contributed by atoms with Crippen molar-refractivity contribution in [3.05, 3.63) is 11.3 Å². The molecule has 0 saturated carbocycles. The summed E-state index contributed by atoms with van der Waals surface area (Å²) in [6.45, 7) is 0. The van der Waals surface area contributed by atoms with E-state index in [0.717, 1.165) is 0 Å². The molecule has 0 amide bonds. The zero-order valence-corrected chi connectivity index (χ0v) is 6.05. The molecule has 0 radical (unpaired) electrons. The van der Waals surface area contributed by atoms with Crippen LogP contribution in [-0.2, 0) is 0 Å². The van der Waals surface area contributed by atoms with Crippen LogP contribution in [0.25, 0.3) is 0 Å². The van der Waals surface area contributed by atoms with E-state index >= 15 is 0 Å². The van der Waals surface area contributed by atoms with E-state index in [1.807, 2.05) is 6.07 Å². The zero-order valence-electron chi connectivity index (χ0n) is 6.05. The molecule has 0 saturated heterocycles. The van der Waals surface area contributed by atoms with Gasteiger partial charge >= 0.3 is 0 Å². The molecule has 0 fully saturated rings. The van der Waals surface area contributed by atoms with Crippen molar-refractivity contribution in [1.29, 1.82) is 15.8 Å². The highest BCUT2D eigenvalue weighted by Gasteiger charge is 2.01.